The Morgan fingerprint density at radius 1 is 0.920 bits per heavy atom. The molecule has 0 aliphatic heterocycles. The van der Waals surface area contributed by atoms with Gasteiger partial charge in [-0.2, -0.15) is 39.5 Å². The molecule has 2 aliphatic carbocycles. The first-order chi connectivity index (χ1) is 11.0. The minimum absolute atomic E-state index is 0.204. The van der Waals surface area contributed by atoms with Crippen LogP contribution in [-0.2, 0) is 0 Å². The largest absolute Gasteiger partial charge is 0.460 e. The molecular weight excluding hydrogens is 367 g/mol. The normalized spacial score (nSPS) is 33.4. The highest BCUT2D eigenvalue weighted by Gasteiger charge is 2.86. The van der Waals surface area contributed by atoms with Crippen LogP contribution >= 0.6 is 0 Å². The maximum Gasteiger partial charge on any atom is 0.460 e. The fourth-order valence-electron chi connectivity index (χ4n) is 4.18. The molecule has 2 bridgehead atoms. The molecule has 1 nitrogen and oxygen atoms in total. The molecule has 0 aromatic carbocycles. The summed E-state index contributed by atoms with van der Waals surface area (Å²) in [5.74, 6) is -22.1. The number of alkyl halides is 9. The van der Waals surface area contributed by atoms with Crippen molar-refractivity contribution in [2.75, 3.05) is 0 Å². The van der Waals surface area contributed by atoms with Crippen LogP contribution in [0.2, 0.25) is 0 Å². The van der Waals surface area contributed by atoms with E-state index in [9.17, 15) is 44.6 Å². The molecule has 1 N–H and O–H groups in total. The van der Waals surface area contributed by atoms with Gasteiger partial charge in [0.25, 0.3) is 0 Å². The lowest BCUT2D eigenvalue weighted by Gasteiger charge is -2.46. The van der Waals surface area contributed by atoms with E-state index in [-0.39, 0.29) is 26.2 Å². The summed E-state index contributed by atoms with van der Waals surface area (Å²) in [7, 11) is 0. The summed E-state index contributed by atoms with van der Waals surface area (Å²) < 4.78 is 119. The van der Waals surface area contributed by atoms with Gasteiger partial charge in [0.15, 0.2) is 0 Å². The SMILES string of the molecule is C=CC12CCC(C1)C(C(C)(O)C(F)(F)C(F)(F)C(F)(F)C(F)(F)F)C2. The van der Waals surface area contributed by atoms with Crippen molar-refractivity contribution >= 4 is 0 Å². The van der Waals surface area contributed by atoms with Gasteiger partial charge in [-0.1, -0.05) is 6.08 Å². The molecule has 0 aromatic rings. The molecule has 0 heterocycles. The molecule has 10 heteroatoms. The first kappa shape index (κ1) is 20.4. The molecule has 0 radical (unpaired) electrons. The summed E-state index contributed by atoms with van der Waals surface area (Å²) in [5.41, 5.74) is -4.45. The van der Waals surface area contributed by atoms with E-state index < -0.39 is 46.8 Å². The average molecular weight is 384 g/mol. The lowest BCUT2D eigenvalue weighted by atomic mass is 9.69. The zero-order valence-corrected chi connectivity index (χ0v) is 13.1. The topological polar surface area (TPSA) is 20.2 Å². The van der Waals surface area contributed by atoms with Crippen LogP contribution in [0.3, 0.4) is 0 Å². The van der Waals surface area contributed by atoms with Crippen LogP contribution in [0, 0.1) is 17.3 Å². The maximum absolute atomic E-state index is 14.2. The van der Waals surface area contributed by atoms with Gasteiger partial charge < -0.3 is 5.11 Å². The minimum Gasteiger partial charge on any atom is -0.383 e. The Morgan fingerprint density at radius 3 is 1.84 bits per heavy atom. The molecule has 2 rings (SSSR count). The molecule has 146 valence electrons. The fourth-order valence-corrected chi connectivity index (χ4v) is 4.18. The van der Waals surface area contributed by atoms with E-state index in [2.05, 4.69) is 6.58 Å². The number of fused-ring (bicyclic) bond motifs is 2. The number of halogens is 9. The van der Waals surface area contributed by atoms with Crippen molar-refractivity contribution in [1.82, 2.24) is 0 Å². The predicted molar refractivity (Wildman–Crippen MR) is 69.6 cm³/mol. The van der Waals surface area contributed by atoms with Crippen LogP contribution in [0.4, 0.5) is 39.5 Å². The van der Waals surface area contributed by atoms with Crippen LogP contribution in [0.5, 0.6) is 0 Å². The van der Waals surface area contributed by atoms with E-state index >= 15 is 0 Å². The highest BCUT2D eigenvalue weighted by atomic mass is 19.4. The van der Waals surface area contributed by atoms with Gasteiger partial charge in [-0.3, -0.25) is 0 Å². The van der Waals surface area contributed by atoms with Crippen molar-refractivity contribution in [3.05, 3.63) is 12.7 Å². The molecule has 25 heavy (non-hydrogen) atoms. The Hall–Kier alpha value is -0.930. The van der Waals surface area contributed by atoms with Crippen LogP contribution in [-0.4, -0.2) is 34.7 Å². The predicted octanol–water partition coefficient (Wildman–Crippen LogP) is 5.20. The van der Waals surface area contributed by atoms with Crippen molar-refractivity contribution in [3.63, 3.8) is 0 Å². The zero-order valence-electron chi connectivity index (χ0n) is 13.1. The van der Waals surface area contributed by atoms with Crippen LogP contribution in [0.25, 0.3) is 0 Å². The first-order valence-corrected chi connectivity index (χ1v) is 7.53. The molecule has 0 saturated heterocycles. The van der Waals surface area contributed by atoms with Gasteiger partial charge >= 0.3 is 23.9 Å². The highest BCUT2D eigenvalue weighted by molar-refractivity contribution is 5.17. The molecule has 4 unspecified atom stereocenters. The third kappa shape index (κ3) is 2.49. The summed E-state index contributed by atoms with van der Waals surface area (Å²) >= 11 is 0. The van der Waals surface area contributed by atoms with Gasteiger partial charge in [-0.05, 0) is 49.9 Å². The van der Waals surface area contributed by atoms with Crippen LogP contribution in [0.15, 0.2) is 12.7 Å². The van der Waals surface area contributed by atoms with E-state index in [1.54, 1.807) is 0 Å². The summed E-state index contributed by atoms with van der Waals surface area (Å²) in [4.78, 5) is 0. The molecular formula is C15H17F9O. The monoisotopic (exact) mass is 384 g/mol. The van der Waals surface area contributed by atoms with Crippen molar-refractivity contribution in [1.29, 1.82) is 0 Å². The summed E-state index contributed by atoms with van der Waals surface area (Å²) in [5, 5.41) is 10.1. The third-order valence-electron chi connectivity index (χ3n) is 5.81. The number of aliphatic hydroxyl groups is 1. The second-order valence-electron chi connectivity index (χ2n) is 7.25. The Balaban J connectivity index is 2.42. The number of hydrogen-bond donors (Lipinski definition) is 1. The summed E-state index contributed by atoms with van der Waals surface area (Å²) in [6.45, 7) is 3.73. The van der Waals surface area contributed by atoms with Crippen LogP contribution < -0.4 is 0 Å². The molecule has 2 saturated carbocycles. The van der Waals surface area contributed by atoms with Crippen molar-refractivity contribution < 1.29 is 44.6 Å². The smallest absolute Gasteiger partial charge is 0.383 e. The Kier molecular flexibility index (Phi) is 4.32. The molecule has 2 fully saturated rings. The van der Waals surface area contributed by atoms with Crippen molar-refractivity contribution in [2.24, 2.45) is 17.3 Å². The summed E-state index contributed by atoms with van der Waals surface area (Å²) in [6, 6.07) is 0. The fraction of sp³-hybridized carbons (Fsp3) is 0.867. The van der Waals surface area contributed by atoms with E-state index in [0.717, 1.165) is 0 Å². The molecule has 0 aromatic heterocycles. The quantitative estimate of drug-likeness (QED) is 0.511. The zero-order chi connectivity index (χ0) is 19.7. The molecule has 0 spiro atoms. The Bertz CT molecular complexity index is 552. The first-order valence-electron chi connectivity index (χ1n) is 7.53. The lowest BCUT2D eigenvalue weighted by molar-refractivity contribution is -0.419. The van der Waals surface area contributed by atoms with Gasteiger partial charge in [0.1, 0.15) is 5.60 Å². The summed E-state index contributed by atoms with van der Waals surface area (Å²) in [6.07, 6.45) is -4.67. The van der Waals surface area contributed by atoms with E-state index in [1.807, 2.05) is 0 Å². The lowest BCUT2D eigenvalue weighted by Crippen LogP contribution is -2.69. The van der Waals surface area contributed by atoms with Gasteiger partial charge in [0.05, 0.1) is 0 Å². The third-order valence-corrected chi connectivity index (χ3v) is 5.81. The van der Waals surface area contributed by atoms with Crippen LogP contribution in [0.1, 0.15) is 32.6 Å². The maximum atomic E-state index is 14.2. The Morgan fingerprint density at radius 2 is 1.44 bits per heavy atom. The second kappa shape index (κ2) is 5.29. The Labute approximate surface area is 137 Å². The highest BCUT2D eigenvalue weighted by Crippen LogP contribution is 2.65. The number of rotatable bonds is 5. The van der Waals surface area contributed by atoms with E-state index in [0.29, 0.717) is 6.42 Å². The average Bonchev–Trinajstić information content (AvgIpc) is 3.04. The second-order valence-corrected chi connectivity index (χ2v) is 7.25. The van der Waals surface area contributed by atoms with Crippen molar-refractivity contribution in [2.45, 2.75) is 62.2 Å². The number of hydrogen-bond acceptors (Lipinski definition) is 1. The van der Waals surface area contributed by atoms with E-state index in [1.165, 1.54) is 6.08 Å². The van der Waals surface area contributed by atoms with Crippen molar-refractivity contribution in [3.8, 4) is 0 Å². The minimum atomic E-state index is -7.00. The van der Waals surface area contributed by atoms with E-state index in [4.69, 9.17) is 0 Å². The van der Waals surface area contributed by atoms with Gasteiger partial charge in [0.2, 0.25) is 0 Å². The van der Waals surface area contributed by atoms with Gasteiger partial charge in [-0.25, -0.2) is 0 Å². The molecule has 2 aliphatic rings. The molecule has 4 atom stereocenters. The van der Waals surface area contributed by atoms with Gasteiger partial charge in [0, 0.05) is 0 Å². The van der Waals surface area contributed by atoms with Gasteiger partial charge in [-0.15, -0.1) is 6.58 Å². The standard InChI is InChI=1S/C15H17F9O/c1-3-11-5-4-8(6-11)9(7-11)10(2,25)12(16,17)13(18,19)14(20,21)15(22,23)24/h3,8-9,25H,1,4-7H2,2H3. The number of allylic oxidation sites excluding steroid dienone is 1. The molecule has 0 amide bonds.